The highest BCUT2D eigenvalue weighted by Gasteiger charge is 2.27. The minimum absolute atomic E-state index is 0.0267. The second-order valence-corrected chi connectivity index (χ2v) is 7.11. The van der Waals surface area contributed by atoms with Crippen molar-refractivity contribution in [2.24, 2.45) is 5.92 Å². The summed E-state index contributed by atoms with van der Waals surface area (Å²) in [5.74, 6) is -1.12. The fourth-order valence-electron chi connectivity index (χ4n) is 1.67. The molecular weight excluding hydrogens is 282 g/mol. The third-order valence-corrected chi connectivity index (χ3v) is 4.15. The number of nitrogens with zero attached hydrogens (tertiary/aromatic N) is 2. The molecule has 0 aliphatic heterocycles. The van der Waals surface area contributed by atoms with E-state index in [0.717, 1.165) is 0 Å². The molecule has 1 rings (SSSR count). The molecule has 0 fully saturated rings. The van der Waals surface area contributed by atoms with Crippen LogP contribution in [-0.4, -0.2) is 35.3 Å². The molecule has 8 heteroatoms. The molecule has 0 saturated carbocycles. The van der Waals surface area contributed by atoms with Crippen molar-refractivity contribution in [3.8, 4) is 0 Å². The highest BCUT2D eigenvalue weighted by atomic mass is 32.2. The lowest BCUT2D eigenvalue weighted by molar-refractivity contribution is -0.139. The third-order valence-electron chi connectivity index (χ3n) is 2.72. The highest BCUT2D eigenvalue weighted by Crippen LogP contribution is 2.13. The van der Waals surface area contributed by atoms with E-state index in [2.05, 4.69) is 9.82 Å². The van der Waals surface area contributed by atoms with E-state index < -0.39 is 22.0 Å². The molecule has 0 aromatic carbocycles. The zero-order valence-corrected chi connectivity index (χ0v) is 12.9. The van der Waals surface area contributed by atoms with Crippen molar-refractivity contribution in [3.05, 3.63) is 12.4 Å². The Hall–Kier alpha value is -1.41. The van der Waals surface area contributed by atoms with Crippen LogP contribution in [0.25, 0.3) is 0 Å². The number of carboxylic acid groups (broad SMARTS) is 1. The lowest BCUT2D eigenvalue weighted by Crippen LogP contribution is -2.41. The molecule has 0 bridgehead atoms. The summed E-state index contributed by atoms with van der Waals surface area (Å²) in [5, 5.41) is 13.0. The quantitative estimate of drug-likeness (QED) is 0.789. The van der Waals surface area contributed by atoms with Crippen LogP contribution in [0.2, 0.25) is 0 Å². The van der Waals surface area contributed by atoms with Gasteiger partial charge in [0.25, 0.3) is 0 Å². The van der Waals surface area contributed by atoms with Crippen LogP contribution in [0, 0.1) is 5.92 Å². The molecule has 0 amide bonds. The third kappa shape index (κ3) is 4.31. The zero-order valence-electron chi connectivity index (χ0n) is 12.1. The van der Waals surface area contributed by atoms with Crippen molar-refractivity contribution in [1.82, 2.24) is 14.5 Å². The van der Waals surface area contributed by atoms with Gasteiger partial charge in [-0.1, -0.05) is 13.8 Å². The standard InChI is InChI=1S/C12H21N3O4S/c1-8(2)5-11(12(16)17)14-20(18,19)10-6-13-15(7-10)9(3)4/h6-9,11,14H,5H2,1-4H3,(H,16,17)/t11-/m0/s1. The molecule has 1 heterocycles. The Balaban J connectivity index is 2.94. The molecule has 2 N–H and O–H groups in total. The number of aromatic nitrogens is 2. The van der Waals surface area contributed by atoms with Gasteiger partial charge in [0.15, 0.2) is 0 Å². The summed E-state index contributed by atoms with van der Waals surface area (Å²) in [6.45, 7) is 7.41. The summed E-state index contributed by atoms with van der Waals surface area (Å²) < 4.78 is 28.0. The van der Waals surface area contributed by atoms with Crippen molar-refractivity contribution in [2.75, 3.05) is 0 Å². The van der Waals surface area contributed by atoms with E-state index in [1.807, 2.05) is 27.7 Å². The van der Waals surface area contributed by atoms with Crippen LogP contribution in [-0.2, 0) is 14.8 Å². The SMILES string of the molecule is CC(C)C[C@H](NS(=O)(=O)c1cnn(C(C)C)c1)C(=O)O. The number of rotatable bonds is 7. The Kier molecular flexibility index (Phi) is 5.29. The molecule has 1 atom stereocenters. The van der Waals surface area contributed by atoms with Crippen LogP contribution in [0.5, 0.6) is 0 Å². The maximum Gasteiger partial charge on any atom is 0.321 e. The van der Waals surface area contributed by atoms with Crippen LogP contribution in [0.3, 0.4) is 0 Å². The molecule has 20 heavy (non-hydrogen) atoms. The summed E-state index contributed by atoms with van der Waals surface area (Å²) in [5.41, 5.74) is 0. The number of carbonyl (C=O) groups is 1. The van der Waals surface area contributed by atoms with Crippen molar-refractivity contribution in [1.29, 1.82) is 0 Å². The molecule has 1 aromatic heterocycles. The van der Waals surface area contributed by atoms with E-state index in [1.165, 1.54) is 17.1 Å². The van der Waals surface area contributed by atoms with E-state index in [-0.39, 0.29) is 23.3 Å². The zero-order chi connectivity index (χ0) is 15.5. The van der Waals surface area contributed by atoms with Gasteiger partial charge in [-0.05, 0) is 26.2 Å². The van der Waals surface area contributed by atoms with Crippen LogP contribution < -0.4 is 4.72 Å². The van der Waals surface area contributed by atoms with Gasteiger partial charge in [-0.15, -0.1) is 0 Å². The maximum atomic E-state index is 12.1. The number of aliphatic carboxylic acids is 1. The van der Waals surface area contributed by atoms with Gasteiger partial charge in [0.05, 0.1) is 6.20 Å². The number of carboxylic acids is 1. The summed E-state index contributed by atoms with van der Waals surface area (Å²) in [6.07, 6.45) is 2.84. The van der Waals surface area contributed by atoms with Gasteiger partial charge in [-0.25, -0.2) is 8.42 Å². The first-order chi connectivity index (χ1) is 9.13. The highest BCUT2D eigenvalue weighted by molar-refractivity contribution is 7.89. The number of sulfonamides is 1. The van der Waals surface area contributed by atoms with Gasteiger partial charge in [-0.3, -0.25) is 9.48 Å². The molecular formula is C12H21N3O4S. The average Bonchev–Trinajstić information content (AvgIpc) is 2.76. The number of nitrogens with one attached hydrogen (secondary N) is 1. The molecule has 7 nitrogen and oxygen atoms in total. The summed E-state index contributed by atoms with van der Waals surface area (Å²) in [4.78, 5) is 11.1. The first kappa shape index (κ1) is 16.6. The van der Waals surface area contributed by atoms with E-state index in [4.69, 9.17) is 5.11 Å². The normalized spacial score (nSPS) is 13.9. The van der Waals surface area contributed by atoms with E-state index >= 15 is 0 Å². The molecule has 0 aliphatic rings. The van der Waals surface area contributed by atoms with Gasteiger partial charge in [-0.2, -0.15) is 9.82 Å². The van der Waals surface area contributed by atoms with Crippen molar-refractivity contribution < 1.29 is 18.3 Å². The first-order valence-corrected chi connectivity index (χ1v) is 7.91. The van der Waals surface area contributed by atoms with Crippen molar-refractivity contribution in [3.63, 3.8) is 0 Å². The predicted octanol–water partition coefficient (Wildman–Crippen LogP) is 1.24. The first-order valence-electron chi connectivity index (χ1n) is 6.42. The van der Waals surface area contributed by atoms with Gasteiger partial charge < -0.3 is 5.11 Å². The summed E-state index contributed by atoms with van der Waals surface area (Å²) in [7, 11) is -3.88. The summed E-state index contributed by atoms with van der Waals surface area (Å²) >= 11 is 0. The Labute approximate surface area is 119 Å². The van der Waals surface area contributed by atoms with Gasteiger partial charge in [0.1, 0.15) is 10.9 Å². The Morgan fingerprint density at radius 3 is 2.40 bits per heavy atom. The summed E-state index contributed by atoms with van der Waals surface area (Å²) in [6, 6.07) is -1.10. The second-order valence-electron chi connectivity index (χ2n) is 5.39. The fraction of sp³-hybridized carbons (Fsp3) is 0.667. The molecule has 114 valence electrons. The van der Waals surface area contributed by atoms with Crippen LogP contribution in [0.15, 0.2) is 17.3 Å². The number of hydrogen-bond acceptors (Lipinski definition) is 4. The van der Waals surface area contributed by atoms with E-state index in [1.54, 1.807) is 0 Å². The average molecular weight is 303 g/mol. The molecule has 0 spiro atoms. The predicted molar refractivity (Wildman–Crippen MR) is 73.8 cm³/mol. The van der Waals surface area contributed by atoms with Crippen LogP contribution in [0.1, 0.15) is 40.2 Å². The minimum atomic E-state index is -3.88. The monoisotopic (exact) mass is 303 g/mol. The topological polar surface area (TPSA) is 101 Å². The fourth-order valence-corrected chi connectivity index (χ4v) is 2.81. The lowest BCUT2D eigenvalue weighted by Gasteiger charge is -2.15. The Morgan fingerprint density at radius 1 is 1.40 bits per heavy atom. The lowest BCUT2D eigenvalue weighted by atomic mass is 10.1. The molecule has 0 aliphatic carbocycles. The van der Waals surface area contributed by atoms with Crippen LogP contribution in [0.4, 0.5) is 0 Å². The van der Waals surface area contributed by atoms with Gasteiger partial charge in [0, 0.05) is 12.2 Å². The molecule has 1 aromatic rings. The van der Waals surface area contributed by atoms with Crippen molar-refractivity contribution in [2.45, 2.75) is 51.1 Å². The maximum absolute atomic E-state index is 12.1. The Morgan fingerprint density at radius 2 is 2.00 bits per heavy atom. The second kappa shape index (κ2) is 6.36. The molecule has 0 saturated heterocycles. The number of hydrogen-bond donors (Lipinski definition) is 2. The van der Waals surface area contributed by atoms with Gasteiger partial charge >= 0.3 is 5.97 Å². The molecule has 0 unspecified atom stereocenters. The largest absolute Gasteiger partial charge is 0.480 e. The molecule has 0 radical (unpaired) electrons. The minimum Gasteiger partial charge on any atom is -0.480 e. The van der Waals surface area contributed by atoms with Crippen molar-refractivity contribution >= 4 is 16.0 Å². The van der Waals surface area contributed by atoms with Crippen LogP contribution >= 0.6 is 0 Å². The van der Waals surface area contributed by atoms with E-state index in [9.17, 15) is 13.2 Å². The smallest absolute Gasteiger partial charge is 0.321 e. The van der Waals surface area contributed by atoms with E-state index in [0.29, 0.717) is 0 Å². The Bertz CT molecular complexity index is 563. The van der Waals surface area contributed by atoms with Gasteiger partial charge in [0.2, 0.25) is 10.0 Å².